The van der Waals surface area contributed by atoms with Gasteiger partial charge in [-0.2, -0.15) is 5.10 Å². The first-order chi connectivity index (χ1) is 11.9. The molecule has 1 aromatic carbocycles. The van der Waals surface area contributed by atoms with Crippen LogP contribution in [0.25, 0.3) is 5.69 Å². The first-order valence-corrected chi connectivity index (χ1v) is 8.68. The monoisotopic (exact) mass is 382 g/mol. The SMILES string of the molecule is CCC(CC)(CN)NC(=O)Cc1c(C)nn(-c2ccc(F)cc2)c1C.Cl. The number of rotatable bonds is 7. The van der Waals surface area contributed by atoms with Crippen molar-refractivity contribution in [2.24, 2.45) is 5.73 Å². The van der Waals surface area contributed by atoms with E-state index in [2.05, 4.69) is 10.4 Å². The molecule has 7 heteroatoms. The third-order valence-corrected chi connectivity index (χ3v) is 5.00. The smallest absolute Gasteiger partial charge is 0.225 e. The van der Waals surface area contributed by atoms with E-state index in [0.29, 0.717) is 6.54 Å². The zero-order valence-corrected chi connectivity index (χ0v) is 16.6. The summed E-state index contributed by atoms with van der Waals surface area (Å²) in [6.07, 6.45) is 1.83. The van der Waals surface area contributed by atoms with E-state index in [1.54, 1.807) is 16.8 Å². The van der Waals surface area contributed by atoms with Gasteiger partial charge in [-0.05, 0) is 51.0 Å². The van der Waals surface area contributed by atoms with Gasteiger partial charge in [0.05, 0.1) is 23.3 Å². The highest BCUT2D eigenvalue weighted by molar-refractivity contribution is 5.85. The van der Waals surface area contributed by atoms with Crippen molar-refractivity contribution in [3.05, 3.63) is 47.0 Å². The number of nitrogens with zero attached hydrogens (tertiary/aromatic N) is 2. The summed E-state index contributed by atoms with van der Waals surface area (Å²) in [6.45, 7) is 8.27. The molecule has 1 aromatic heterocycles. The van der Waals surface area contributed by atoms with Gasteiger partial charge < -0.3 is 11.1 Å². The molecule has 2 rings (SSSR count). The molecule has 0 atom stereocenters. The molecule has 144 valence electrons. The van der Waals surface area contributed by atoms with E-state index in [1.807, 2.05) is 27.7 Å². The van der Waals surface area contributed by atoms with Crippen LogP contribution >= 0.6 is 12.4 Å². The van der Waals surface area contributed by atoms with Crippen LogP contribution in [0, 0.1) is 19.7 Å². The molecule has 0 saturated carbocycles. The minimum Gasteiger partial charge on any atom is -0.349 e. The van der Waals surface area contributed by atoms with Crippen LogP contribution in [0.3, 0.4) is 0 Å². The Morgan fingerprint density at radius 1 is 1.23 bits per heavy atom. The molecule has 1 amide bonds. The van der Waals surface area contributed by atoms with Crippen molar-refractivity contribution in [3.8, 4) is 5.69 Å². The summed E-state index contributed by atoms with van der Waals surface area (Å²) in [7, 11) is 0. The quantitative estimate of drug-likeness (QED) is 0.772. The second-order valence-corrected chi connectivity index (χ2v) is 6.45. The molecule has 0 aliphatic heterocycles. The standard InChI is InChI=1S/C19H27FN4O.ClH/c1-5-19(6-2,12-21)22-18(25)11-17-13(3)23-24(14(17)4)16-9-7-15(20)8-10-16;/h7-10H,5-6,11-12,21H2,1-4H3,(H,22,25);1H. The maximum absolute atomic E-state index is 13.1. The van der Waals surface area contributed by atoms with Crippen molar-refractivity contribution in [3.63, 3.8) is 0 Å². The van der Waals surface area contributed by atoms with Gasteiger partial charge in [0.1, 0.15) is 5.82 Å². The Bertz CT molecular complexity index is 730. The number of carbonyl (C=O) groups excluding carboxylic acids is 1. The number of carbonyl (C=O) groups is 1. The largest absolute Gasteiger partial charge is 0.349 e. The van der Waals surface area contributed by atoms with Crippen molar-refractivity contribution in [2.45, 2.75) is 52.5 Å². The lowest BCUT2D eigenvalue weighted by atomic mass is 9.92. The predicted molar refractivity (Wildman–Crippen MR) is 104 cm³/mol. The van der Waals surface area contributed by atoms with Crippen molar-refractivity contribution in [2.75, 3.05) is 6.54 Å². The van der Waals surface area contributed by atoms with Crippen LogP contribution in [0.2, 0.25) is 0 Å². The number of aryl methyl sites for hydroxylation is 1. The Hall–Kier alpha value is -1.92. The number of nitrogens with one attached hydrogen (secondary N) is 1. The van der Waals surface area contributed by atoms with Crippen LogP contribution in [-0.4, -0.2) is 27.8 Å². The third kappa shape index (κ3) is 4.62. The fourth-order valence-corrected chi connectivity index (χ4v) is 3.03. The number of benzene rings is 1. The normalized spacial score (nSPS) is 11.2. The van der Waals surface area contributed by atoms with E-state index < -0.39 is 0 Å². The molecular formula is C19H28ClFN4O. The van der Waals surface area contributed by atoms with Gasteiger partial charge in [0.25, 0.3) is 0 Å². The van der Waals surface area contributed by atoms with Crippen molar-refractivity contribution in [1.29, 1.82) is 0 Å². The van der Waals surface area contributed by atoms with Crippen LogP contribution in [0.15, 0.2) is 24.3 Å². The molecule has 0 radical (unpaired) electrons. The molecule has 0 bridgehead atoms. The summed E-state index contributed by atoms with van der Waals surface area (Å²) in [4.78, 5) is 12.5. The van der Waals surface area contributed by atoms with Crippen LogP contribution in [-0.2, 0) is 11.2 Å². The van der Waals surface area contributed by atoms with E-state index in [9.17, 15) is 9.18 Å². The Balaban J connectivity index is 0.00000338. The minimum absolute atomic E-state index is 0. The van der Waals surface area contributed by atoms with E-state index in [1.165, 1.54) is 12.1 Å². The molecule has 5 nitrogen and oxygen atoms in total. The highest BCUT2D eigenvalue weighted by atomic mass is 35.5. The van der Waals surface area contributed by atoms with Crippen molar-refractivity contribution < 1.29 is 9.18 Å². The number of aromatic nitrogens is 2. The van der Waals surface area contributed by atoms with Gasteiger partial charge in [0.15, 0.2) is 0 Å². The summed E-state index contributed by atoms with van der Waals surface area (Å²) < 4.78 is 14.9. The number of hydrogen-bond donors (Lipinski definition) is 2. The Morgan fingerprint density at radius 2 is 1.81 bits per heavy atom. The number of hydrogen-bond acceptors (Lipinski definition) is 3. The van der Waals surface area contributed by atoms with Crippen LogP contribution in [0.1, 0.15) is 43.6 Å². The molecule has 0 unspecified atom stereocenters. The van der Waals surface area contributed by atoms with Gasteiger partial charge in [-0.25, -0.2) is 9.07 Å². The maximum atomic E-state index is 13.1. The molecule has 0 fully saturated rings. The molecule has 0 aliphatic carbocycles. The Labute approximate surface area is 160 Å². The highest BCUT2D eigenvalue weighted by Crippen LogP contribution is 2.20. The lowest BCUT2D eigenvalue weighted by Gasteiger charge is -2.31. The fraction of sp³-hybridized carbons (Fsp3) is 0.474. The zero-order valence-electron chi connectivity index (χ0n) is 15.8. The van der Waals surface area contributed by atoms with Gasteiger partial charge in [0, 0.05) is 17.8 Å². The second-order valence-electron chi connectivity index (χ2n) is 6.45. The number of amides is 1. The summed E-state index contributed by atoms with van der Waals surface area (Å²) in [5, 5.41) is 7.60. The minimum atomic E-state index is -0.355. The first-order valence-electron chi connectivity index (χ1n) is 8.68. The Kier molecular flexibility index (Phi) is 7.78. The molecule has 0 aliphatic rings. The molecular weight excluding hydrogens is 355 g/mol. The third-order valence-electron chi connectivity index (χ3n) is 5.00. The van der Waals surface area contributed by atoms with Crippen LogP contribution < -0.4 is 11.1 Å². The topological polar surface area (TPSA) is 72.9 Å². The molecule has 0 saturated heterocycles. The number of nitrogens with two attached hydrogens (primary N) is 1. The van der Waals surface area contributed by atoms with Crippen molar-refractivity contribution in [1.82, 2.24) is 15.1 Å². The average Bonchev–Trinajstić information content (AvgIpc) is 2.88. The van der Waals surface area contributed by atoms with Crippen LogP contribution in [0.4, 0.5) is 4.39 Å². The maximum Gasteiger partial charge on any atom is 0.225 e. The zero-order chi connectivity index (χ0) is 18.6. The summed E-state index contributed by atoms with van der Waals surface area (Å²) in [6, 6.07) is 6.14. The van der Waals surface area contributed by atoms with Crippen molar-refractivity contribution >= 4 is 18.3 Å². The molecule has 3 N–H and O–H groups in total. The molecule has 1 heterocycles. The first kappa shape index (κ1) is 22.1. The van der Waals surface area contributed by atoms with Gasteiger partial charge in [0.2, 0.25) is 5.91 Å². The lowest BCUT2D eigenvalue weighted by Crippen LogP contribution is -2.53. The number of halogens is 2. The van der Waals surface area contributed by atoms with Gasteiger partial charge >= 0.3 is 0 Å². The van der Waals surface area contributed by atoms with E-state index >= 15 is 0 Å². The average molecular weight is 383 g/mol. The molecule has 2 aromatic rings. The molecule has 26 heavy (non-hydrogen) atoms. The highest BCUT2D eigenvalue weighted by Gasteiger charge is 2.27. The summed E-state index contributed by atoms with van der Waals surface area (Å²) >= 11 is 0. The Morgan fingerprint density at radius 3 is 2.31 bits per heavy atom. The van der Waals surface area contributed by atoms with Gasteiger partial charge in [-0.1, -0.05) is 13.8 Å². The van der Waals surface area contributed by atoms with Gasteiger partial charge in [-0.3, -0.25) is 4.79 Å². The summed E-state index contributed by atoms with van der Waals surface area (Å²) in [5.41, 5.74) is 8.84. The lowest BCUT2D eigenvalue weighted by molar-refractivity contribution is -0.122. The van der Waals surface area contributed by atoms with Crippen LogP contribution in [0.5, 0.6) is 0 Å². The predicted octanol–water partition coefficient (Wildman–Crippen LogP) is 3.23. The van der Waals surface area contributed by atoms with Gasteiger partial charge in [-0.15, -0.1) is 12.4 Å². The fourth-order valence-electron chi connectivity index (χ4n) is 3.03. The summed E-state index contributed by atoms with van der Waals surface area (Å²) in [5.74, 6) is -0.346. The second kappa shape index (κ2) is 9.14. The van der Waals surface area contributed by atoms with E-state index in [-0.39, 0.29) is 36.1 Å². The van der Waals surface area contributed by atoms with E-state index in [0.717, 1.165) is 35.5 Å². The van der Waals surface area contributed by atoms with E-state index in [4.69, 9.17) is 5.73 Å². The molecule has 0 spiro atoms.